The molecule has 1 unspecified atom stereocenters. The summed E-state index contributed by atoms with van der Waals surface area (Å²) in [6, 6.07) is 15.4. The third-order valence-electron chi connectivity index (χ3n) is 5.92. The second-order valence-corrected chi connectivity index (χ2v) is 7.93. The molecule has 2 heterocycles. The highest BCUT2D eigenvalue weighted by molar-refractivity contribution is 5.83. The van der Waals surface area contributed by atoms with Crippen molar-refractivity contribution in [3.63, 3.8) is 0 Å². The summed E-state index contributed by atoms with van der Waals surface area (Å²) in [5.74, 6) is 0.590. The van der Waals surface area contributed by atoms with Crippen LogP contribution >= 0.6 is 0 Å². The lowest BCUT2D eigenvalue weighted by Gasteiger charge is -2.28. The van der Waals surface area contributed by atoms with Crippen molar-refractivity contribution in [2.75, 3.05) is 26.7 Å². The van der Waals surface area contributed by atoms with Gasteiger partial charge in [-0.1, -0.05) is 30.3 Å². The van der Waals surface area contributed by atoms with Crippen LogP contribution in [-0.2, 0) is 11.3 Å². The maximum absolute atomic E-state index is 12.7. The highest BCUT2D eigenvalue weighted by Gasteiger charge is 2.24. The number of ether oxygens (including phenoxy) is 1. The fraction of sp³-hybridized carbons (Fsp3) is 0.375. The summed E-state index contributed by atoms with van der Waals surface area (Å²) in [7, 11) is 1.65. The SMILES string of the molecule is COc1ccc(C(CNC(=O)Cn2nc(C)c3ccccc3c2=O)N2CCCC2)cc1. The number of benzene rings is 2. The van der Waals surface area contributed by atoms with Gasteiger partial charge in [-0.2, -0.15) is 5.10 Å². The number of rotatable bonds is 7. The molecule has 1 aromatic heterocycles. The molecule has 1 aliphatic rings. The minimum atomic E-state index is -0.248. The zero-order chi connectivity index (χ0) is 21.8. The van der Waals surface area contributed by atoms with Crippen molar-refractivity contribution in [1.29, 1.82) is 0 Å². The second-order valence-electron chi connectivity index (χ2n) is 7.93. The van der Waals surface area contributed by atoms with E-state index >= 15 is 0 Å². The number of hydrogen-bond acceptors (Lipinski definition) is 5. The van der Waals surface area contributed by atoms with Crippen LogP contribution < -0.4 is 15.6 Å². The molecule has 2 aromatic carbocycles. The largest absolute Gasteiger partial charge is 0.497 e. The molecule has 0 radical (unpaired) electrons. The average molecular weight is 421 g/mol. The van der Waals surface area contributed by atoms with Crippen LogP contribution in [0.5, 0.6) is 5.75 Å². The summed E-state index contributed by atoms with van der Waals surface area (Å²) >= 11 is 0. The number of carbonyl (C=O) groups is 1. The van der Waals surface area contributed by atoms with Crippen LogP contribution in [0.2, 0.25) is 0 Å². The summed E-state index contributed by atoms with van der Waals surface area (Å²) in [6.45, 7) is 4.25. The molecule has 1 aliphatic heterocycles. The number of nitrogens with zero attached hydrogens (tertiary/aromatic N) is 3. The lowest BCUT2D eigenvalue weighted by Crippen LogP contribution is -2.39. The Labute approximate surface area is 181 Å². The number of hydrogen-bond donors (Lipinski definition) is 1. The van der Waals surface area contributed by atoms with E-state index in [9.17, 15) is 9.59 Å². The minimum Gasteiger partial charge on any atom is -0.497 e. The van der Waals surface area contributed by atoms with E-state index in [4.69, 9.17) is 4.74 Å². The maximum Gasteiger partial charge on any atom is 0.275 e. The number of likely N-dealkylation sites (tertiary alicyclic amines) is 1. The first kappa shape index (κ1) is 21.1. The highest BCUT2D eigenvalue weighted by Crippen LogP contribution is 2.26. The molecule has 0 aliphatic carbocycles. The molecule has 7 heteroatoms. The van der Waals surface area contributed by atoms with Crippen LogP contribution in [-0.4, -0.2) is 47.3 Å². The van der Waals surface area contributed by atoms with Gasteiger partial charge in [0.25, 0.3) is 5.56 Å². The number of methoxy groups -OCH3 is 1. The van der Waals surface area contributed by atoms with Crippen molar-refractivity contribution in [2.24, 2.45) is 0 Å². The molecular weight excluding hydrogens is 392 g/mol. The second kappa shape index (κ2) is 9.31. The molecule has 0 saturated carbocycles. The van der Waals surface area contributed by atoms with Crippen LogP contribution in [0.1, 0.15) is 30.1 Å². The van der Waals surface area contributed by atoms with Gasteiger partial charge in [0.1, 0.15) is 12.3 Å². The molecular formula is C24H28N4O3. The summed E-state index contributed by atoms with van der Waals surface area (Å²) in [6.07, 6.45) is 2.33. The third kappa shape index (κ3) is 4.61. The Kier molecular flexibility index (Phi) is 6.32. The molecule has 31 heavy (non-hydrogen) atoms. The molecule has 1 fully saturated rings. The van der Waals surface area contributed by atoms with E-state index in [1.54, 1.807) is 13.2 Å². The van der Waals surface area contributed by atoms with Gasteiger partial charge >= 0.3 is 0 Å². The van der Waals surface area contributed by atoms with E-state index in [2.05, 4.69) is 15.3 Å². The minimum absolute atomic E-state index is 0.0837. The number of nitrogens with one attached hydrogen (secondary N) is 1. The molecule has 1 saturated heterocycles. The van der Waals surface area contributed by atoms with Crippen LogP contribution in [0, 0.1) is 6.92 Å². The standard InChI is InChI=1S/C24H28N4O3/c1-17-20-7-3-4-8-21(20)24(30)28(26-17)16-23(29)25-15-22(27-13-5-6-14-27)18-9-11-19(31-2)12-10-18/h3-4,7-12,22H,5-6,13-16H2,1-2H3,(H,25,29). The molecule has 162 valence electrons. The monoisotopic (exact) mass is 420 g/mol. The Morgan fingerprint density at radius 3 is 2.45 bits per heavy atom. The smallest absolute Gasteiger partial charge is 0.275 e. The lowest BCUT2D eigenvalue weighted by atomic mass is 10.1. The molecule has 1 amide bonds. The first-order valence-corrected chi connectivity index (χ1v) is 10.7. The summed E-state index contributed by atoms with van der Waals surface area (Å²) in [5.41, 5.74) is 1.62. The van der Waals surface area contributed by atoms with Crippen LogP contribution in [0.15, 0.2) is 53.3 Å². The van der Waals surface area contributed by atoms with E-state index in [0.29, 0.717) is 11.9 Å². The number of carbonyl (C=O) groups excluding carboxylic acids is 1. The van der Waals surface area contributed by atoms with Crippen LogP contribution in [0.3, 0.4) is 0 Å². The Balaban J connectivity index is 1.48. The fourth-order valence-corrected chi connectivity index (χ4v) is 4.25. The summed E-state index contributed by atoms with van der Waals surface area (Å²) in [5, 5.41) is 8.76. The summed E-state index contributed by atoms with van der Waals surface area (Å²) < 4.78 is 6.52. The first-order chi connectivity index (χ1) is 15.1. The molecule has 1 N–H and O–H groups in total. The van der Waals surface area contributed by atoms with Gasteiger partial charge < -0.3 is 10.1 Å². The Morgan fingerprint density at radius 1 is 1.10 bits per heavy atom. The predicted octanol–water partition coefficient (Wildman–Crippen LogP) is 2.67. The first-order valence-electron chi connectivity index (χ1n) is 10.7. The quantitative estimate of drug-likeness (QED) is 0.636. The van der Waals surface area contributed by atoms with E-state index in [1.807, 2.05) is 49.4 Å². The van der Waals surface area contributed by atoms with Gasteiger partial charge in [-0.3, -0.25) is 14.5 Å². The van der Waals surface area contributed by atoms with Crippen molar-refractivity contribution < 1.29 is 9.53 Å². The Hall–Kier alpha value is -3.19. The van der Waals surface area contributed by atoms with E-state index in [1.165, 1.54) is 4.68 Å². The van der Waals surface area contributed by atoms with Crippen molar-refractivity contribution in [1.82, 2.24) is 20.0 Å². The average Bonchev–Trinajstić information content (AvgIpc) is 3.32. The van der Waals surface area contributed by atoms with E-state index in [-0.39, 0.29) is 24.1 Å². The van der Waals surface area contributed by atoms with Crippen molar-refractivity contribution >= 4 is 16.7 Å². The molecule has 7 nitrogen and oxygen atoms in total. The number of amides is 1. The number of aromatic nitrogens is 2. The van der Waals surface area contributed by atoms with Gasteiger partial charge in [0.05, 0.1) is 24.2 Å². The van der Waals surface area contributed by atoms with Crippen LogP contribution in [0.4, 0.5) is 0 Å². The van der Waals surface area contributed by atoms with Crippen molar-refractivity contribution in [3.05, 3.63) is 70.1 Å². The zero-order valence-electron chi connectivity index (χ0n) is 18.0. The Bertz CT molecular complexity index is 1120. The van der Waals surface area contributed by atoms with E-state index in [0.717, 1.165) is 48.3 Å². The fourth-order valence-electron chi connectivity index (χ4n) is 4.25. The van der Waals surface area contributed by atoms with Crippen LogP contribution in [0.25, 0.3) is 10.8 Å². The predicted molar refractivity (Wildman–Crippen MR) is 120 cm³/mol. The molecule has 0 bridgehead atoms. The highest BCUT2D eigenvalue weighted by atomic mass is 16.5. The Morgan fingerprint density at radius 2 is 1.77 bits per heavy atom. The van der Waals surface area contributed by atoms with E-state index < -0.39 is 0 Å². The van der Waals surface area contributed by atoms with Gasteiger partial charge in [0.15, 0.2) is 0 Å². The normalized spacial score (nSPS) is 15.2. The molecule has 0 spiro atoms. The summed E-state index contributed by atoms with van der Waals surface area (Å²) in [4.78, 5) is 27.9. The zero-order valence-corrected chi connectivity index (χ0v) is 18.0. The lowest BCUT2D eigenvalue weighted by molar-refractivity contribution is -0.122. The third-order valence-corrected chi connectivity index (χ3v) is 5.92. The van der Waals surface area contributed by atoms with Gasteiger partial charge in [-0.15, -0.1) is 0 Å². The van der Waals surface area contributed by atoms with Gasteiger partial charge in [0.2, 0.25) is 5.91 Å². The number of aryl methyl sites for hydroxylation is 1. The van der Waals surface area contributed by atoms with Gasteiger partial charge in [-0.05, 0) is 56.6 Å². The molecule has 4 rings (SSSR count). The maximum atomic E-state index is 12.7. The van der Waals surface area contributed by atoms with Crippen molar-refractivity contribution in [2.45, 2.75) is 32.4 Å². The molecule has 3 aromatic rings. The van der Waals surface area contributed by atoms with Gasteiger partial charge in [0, 0.05) is 11.9 Å². The topological polar surface area (TPSA) is 76.5 Å². The van der Waals surface area contributed by atoms with Gasteiger partial charge in [-0.25, -0.2) is 4.68 Å². The number of fused-ring (bicyclic) bond motifs is 1. The van der Waals surface area contributed by atoms with Crippen molar-refractivity contribution in [3.8, 4) is 5.75 Å². The molecule has 1 atom stereocenters.